The minimum atomic E-state index is -0.898. The summed E-state index contributed by atoms with van der Waals surface area (Å²) < 4.78 is 5.17. The van der Waals surface area contributed by atoms with E-state index in [9.17, 15) is 19.2 Å². The molecule has 5 amide bonds. The lowest BCUT2D eigenvalue weighted by Crippen LogP contribution is -2.64. The van der Waals surface area contributed by atoms with E-state index in [1.807, 2.05) is 0 Å². The number of methoxy groups -OCH3 is 1. The van der Waals surface area contributed by atoms with E-state index in [1.54, 1.807) is 36.3 Å². The molecule has 0 aromatic heterocycles. The summed E-state index contributed by atoms with van der Waals surface area (Å²) in [5.41, 5.74) is 0.430. The largest absolute Gasteiger partial charge is 0.497 e. The number of piperidine rings is 1. The first-order valence-corrected chi connectivity index (χ1v) is 12.5. The van der Waals surface area contributed by atoms with Gasteiger partial charge in [-0.1, -0.05) is 19.3 Å². The maximum absolute atomic E-state index is 13.4. The molecule has 4 rings (SSSR count). The number of nitrogens with one attached hydrogen (secondary N) is 3. The summed E-state index contributed by atoms with van der Waals surface area (Å²) >= 11 is 0. The number of amides is 5. The van der Waals surface area contributed by atoms with Gasteiger partial charge < -0.3 is 30.5 Å². The van der Waals surface area contributed by atoms with Crippen molar-refractivity contribution in [3.8, 4) is 5.75 Å². The highest BCUT2D eigenvalue weighted by Gasteiger charge is 2.39. The zero-order chi connectivity index (χ0) is 24.8. The predicted octanol–water partition coefficient (Wildman–Crippen LogP) is 1.26. The second-order valence-electron chi connectivity index (χ2n) is 9.47. The van der Waals surface area contributed by atoms with E-state index in [-0.39, 0.29) is 37.0 Å². The molecule has 1 aromatic carbocycles. The van der Waals surface area contributed by atoms with Gasteiger partial charge in [0.15, 0.2) is 0 Å². The highest BCUT2D eigenvalue weighted by molar-refractivity contribution is 5.99. The Labute approximate surface area is 205 Å². The molecule has 1 aromatic rings. The average Bonchev–Trinajstić information content (AvgIpc) is 2.90. The van der Waals surface area contributed by atoms with Crippen molar-refractivity contribution in [3.05, 3.63) is 29.8 Å². The predicted molar refractivity (Wildman–Crippen MR) is 129 cm³/mol. The first-order valence-electron chi connectivity index (χ1n) is 12.5. The fraction of sp³-hybridized carbons (Fsp3) is 0.600. The first-order chi connectivity index (χ1) is 17.0. The van der Waals surface area contributed by atoms with Crippen molar-refractivity contribution < 1.29 is 23.9 Å². The van der Waals surface area contributed by atoms with Crippen LogP contribution in [0.1, 0.15) is 55.3 Å². The number of hydrogen-bond donors (Lipinski definition) is 3. The van der Waals surface area contributed by atoms with Crippen molar-refractivity contribution in [2.45, 2.75) is 63.1 Å². The molecule has 0 bridgehead atoms. The Hall–Kier alpha value is -3.30. The normalized spacial score (nSPS) is 23.3. The zero-order valence-corrected chi connectivity index (χ0v) is 20.3. The van der Waals surface area contributed by atoms with Crippen LogP contribution in [0.25, 0.3) is 0 Å². The molecule has 0 radical (unpaired) electrons. The van der Waals surface area contributed by atoms with Crippen LogP contribution < -0.4 is 20.7 Å². The molecule has 1 aliphatic carbocycles. The Kier molecular flexibility index (Phi) is 8.09. The van der Waals surface area contributed by atoms with Crippen LogP contribution in [0.3, 0.4) is 0 Å². The molecule has 3 aliphatic rings. The lowest BCUT2D eigenvalue weighted by Gasteiger charge is -2.41. The van der Waals surface area contributed by atoms with E-state index < -0.39 is 18.0 Å². The molecule has 0 spiro atoms. The van der Waals surface area contributed by atoms with Crippen molar-refractivity contribution >= 4 is 23.8 Å². The van der Waals surface area contributed by atoms with Gasteiger partial charge in [-0.15, -0.1) is 0 Å². The van der Waals surface area contributed by atoms with Crippen LogP contribution in [-0.4, -0.2) is 85.0 Å². The number of benzene rings is 1. The fourth-order valence-electron chi connectivity index (χ4n) is 5.02. The first kappa shape index (κ1) is 24.8. The van der Waals surface area contributed by atoms with E-state index in [0.717, 1.165) is 32.1 Å². The van der Waals surface area contributed by atoms with Gasteiger partial charge in [0.2, 0.25) is 11.8 Å². The topological polar surface area (TPSA) is 120 Å². The van der Waals surface area contributed by atoms with Gasteiger partial charge in [0.1, 0.15) is 17.8 Å². The second-order valence-corrected chi connectivity index (χ2v) is 9.47. The third kappa shape index (κ3) is 6.04. The van der Waals surface area contributed by atoms with Gasteiger partial charge in [0.25, 0.3) is 5.91 Å². The molecule has 2 atom stereocenters. The molecular weight excluding hydrogens is 450 g/mol. The maximum atomic E-state index is 13.4. The van der Waals surface area contributed by atoms with Crippen LogP contribution >= 0.6 is 0 Å². The average molecular weight is 486 g/mol. The van der Waals surface area contributed by atoms with E-state index in [0.29, 0.717) is 30.8 Å². The van der Waals surface area contributed by atoms with E-state index in [1.165, 1.54) is 11.3 Å². The van der Waals surface area contributed by atoms with Crippen LogP contribution in [-0.2, 0) is 9.59 Å². The highest BCUT2D eigenvalue weighted by Crippen LogP contribution is 2.20. The van der Waals surface area contributed by atoms with E-state index in [2.05, 4.69) is 16.0 Å². The minimum Gasteiger partial charge on any atom is -0.497 e. The highest BCUT2D eigenvalue weighted by atomic mass is 16.5. The van der Waals surface area contributed by atoms with Gasteiger partial charge in [0, 0.05) is 31.2 Å². The molecule has 1 saturated carbocycles. The number of carbonyl (C=O) groups excluding carboxylic acids is 4. The lowest BCUT2D eigenvalue weighted by atomic mass is 9.96. The Morgan fingerprint density at radius 3 is 2.40 bits per heavy atom. The summed E-state index contributed by atoms with van der Waals surface area (Å²) in [5.74, 6) is -0.319. The van der Waals surface area contributed by atoms with Crippen molar-refractivity contribution in [2.24, 2.45) is 0 Å². The number of piperazine rings is 1. The van der Waals surface area contributed by atoms with Crippen molar-refractivity contribution in [1.29, 1.82) is 0 Å². The number of hydrogen-bond acceptors (Lipinski definition) is 5. The second kappa shape index (κ2) is 11.4. The van der Waals surface area contributed by atoms with Gasteiger partial charge >= 0.3 is 6.03 Å². The van der Waals surface area contributed by atoms with Gasteiger partial charge in [-0.25, -0.2) is 4.79 Å². The van der Waals surface area contributed by atoms with Crippen molar-refractivity contribution in [3.63, 3.8) is 0 Å². The molecule has 10 nitrogen and oxygen atoms in total. The monoisotopic (exact) mass is 485 g/mol. The minimum absolute atomic E-state index is 0.0701. The molecule has 3 N–H and O–H groups in total. The molecule has 0 unspecified atom stereocenters. The van der Waals surface area contributed by atoms with E-state index in [4.69, 9.17) is 4.74 Å². The summed E-state index contributed by atoms with van der Waals surface area (Å²) in [6.07, 6.45) is 6.63. The summed E-state index contributed by atoms with van der Waals surface area (Å²) in [6, 6.07) is 5.12. The molecule has 2 heterocycles. The molecule has 3 fully saturated rings. The summed E-state index contributed by atoms with van der Waals surface area (Å²) in [5, 5.41) is 8.67. The molecule has 190 valence electrons. The SMILES string of the molecule is COc1ccc(C(=O)N2CCN(C(=O)NC3CCCCC3)C[C@@H]2C(=O)N[C@@H]2CCCNC2=O)cc1. The number of carbonyl (C=O) groups is 4. The Bertz CT molecular complexity index is 931. The number of ether oxygens (including phenoxy) is 1. The Morgan fingerprint density at radius 1 is 0.971 bits per heavy atom. The number of urea groups is 1. The smallest absolute Gasteiger partial charge is 0.317 e. The lowest BCUT2D eigenvalue weighted by molar-refractivity contribution is -0.133. The fourth-order valence-corrected chi connectivity index (χ4v) is 5.02. The van der Waals surface area contributed by atoms with Gasteiger partial charge in [-0.3, -0.25) is 14.4 Å². The van der Waals surface area contributed by atoms with Crippen LogP contribution in [0.2, 0.25) is 0 Å². The molecule has 35 heavy (non-hydrogen) atoms. The van der Waals surface area contributed by atoms with Crippen LogP contribution in [0.4, 0.5) is 4.79 Å². The Morgan fingerprint density at radius 2 is 1.71 bits per heavy atom. The summed E-state index contributed by atoms with van der Waals surface area (Å²) in [4.78, 5) is 55.0. The van der Waals surface area contributed by atoms with Crippen LogP contribution in [0, 0.1) is 0 Å². The van der Waals surface area contributed by atoms with E-state index >= 15 is 0 Å². The standard InChI is InChI=1S/C25H35N5O5/c1-35-19-11-9-17(10-12-19)24(33)30-15-14-29(25(34)27-18-6-3-2-4-7-18)16-21(30)23(32)28-20-8-5-13-26-22(20)31/h9-12,18,20-21H,2-8,13-16H2,1H3,(H,26,31)(H,27,34)(H,28,32)/t20-,21-/m1/s1. The third-order valence-electron chi connectivity index (χ3n) is 7.10. The van der Waals surface area contributed by atoms with Crippen LogP contribution in [0.5, 0.6) is 5.75 Å². The summed E-state index contributed by atoms with van der Waals surface area (Å²) in [6.45, 7) is 1.21. The quantitative estimate of drug-likeness (QED) is 0.580. The molecular formula is C25H35N5O5. The summed E-state index contributed by atoms with van der Waals surface area (Å²) in [7, 11) is 1.55. The maximum Gasteiger partial charge on any atom is 0.317 e. The van der Waals surface area contributed by atoms with Crippen molar-refractivity contribution in [2.75, 3.05) is 33.3 Å². The molecule has 2 saturated heterocycles. The molecule has 10 heteroatoms. The van der Waals surface area contributed by atoms with Crippen LogP contribution in [0.15, 0.2) is 24.3 Å². The Balaban J connectivity index is 1.49. The van der Waals surface area contributed by atoms with Gasteiger partial charge in [-0.2, -0.15) is 0 Å². The van der Waals surface area contributed by atoms with Gasteiger partial charge in [-0.05, 0) is 49.9 Å². The number of nitrogens with zero attached hydrogens (tertiary/aromatic N) is 2. The number of rotatable bonds is 5. The third-order valence-corrected chi connectivity index (χ3v) is 7.10. The molecule has 2 aliphatic heterocycles. The van der Waals surface area contributed by atoms with Gasteiger partial charge in [0.05, 0.1) is 13.7 Å². The zero-order valence-electron chi connectivity index (χ0n) is 20.3. The van der Waals surface area contributed by atoms with Crippen molar-refractivity contribution in [1.82, 2.24) is 25.8 Å².